The molecule has 0 aliphatic carbocycles. The number of hydrogen-bond donors (Lipinski definition) is 1. The van der Waals surface area contributed by atoms with Crippen molar-refractivity contribution in [3.05, 3.63) is 52.0 Å². The van der Waals surface area contributed by atoms with Crippen molar-refractivity contribution < 1.29 is 0 Å². The van der Waals surface area contributed by atoms with Crippen LogP contribution < -0.4 is 5.32 Å². The Morgan fingerprint density at radius 2 is 1.94 bits per heavy atom. The Morgan fingerprint density at radius 1 is 1.12 bits per heavy atom. The maximum Gasteiger partial charge on any atom is 0.0570 e. The summed E-state index contributed by atoms with van der Waals surface area (Å²) >= 11 is 1.85. The smallest absolute Gasteiger partial charge is 0.0570 e. The molecule has 3 heteroatoms. The largest absolute Gasteiger partial charge is 0.301 e. The predicted molar refractivity (Wildman–Crippen MR) is 73.3 cm³/mol. The lowest BCUT2D eigenvalue weighted by Crippen LogP contribution is -2.22. The number of nitrogens with one attached hydrogen (secondary N) is 1. The van der Waals surface area contributed by atoms with Gasteiger partial charge in [-0.15, -0.1) is 11.3 Å². The van der Waals surface area contributed by atoms with Crippen molar-refractivity contribution in [2.75, 3.05) is 0 Å². The van der Waals surface area contributed by atoms with Gasteiger partial charge in [0.1, 0.15) is 0 Å². The van der Waals surface area contributed by atoms with Gasteiger partial charge < -0.3 is 5.32 Å². The molecule has 0 amide bonds. The van der Waals surface area contributed by atoms with Crippen LogP contribution in [0, 0.1) is 6.92 Å². The summed E-state index contributed by atoms with van der Waals surface area (Å²) in [5.41, 5.74) is 1.09. The van der Waals surface area contributed by atoms with Crippen molar-refractivity contribution in [3.8, 4) is 0 Å². The monoisotopic (exact) mass is 246 g/mol. The number of nitrogens with zero attached hydrogens (tertiary/aromatic N) is 1. The maximum atomic E-state index is 4.37. The van der Waals surface area contributed by atoms with Crippen molar-refractivity contribution in [3.63, 3.8) is 0 Å². The lowest BCUT2D eigenvalue weighted by atomic mass is 10.1. The Labute approximate surface area is 107 Å². The van der Waals surface area contributed by atoms with E-state index in [-0.39, 0.29) is 6.04 Å². The SMILES string of the molecule is Cc1ccc(C(C)N[C@@H](C)c2ccccn2)s1. The summed E-state index contributed by atoms with van der Waals surface area (Å²) < 4.78 is 0. The van der Waals surface area contributed by atoms with Gasteiger partial charge in [-0.3, -0.25) is 4.98 Å². The third-order valence-electron chi connectivity index (χ3n) is 2.82. The van der Waals surface area contributed by atoms with Crippen molar-refractivity contribution in [2.24, 2.45) is 0 Å². The molecule has 0 saturated heterocycles. The molecular weight excluding hydrogens is 228 g/mol. The van der Waals surface area contributed by atoms with Crippen molar-refractivity contribution in [1.82, 2.24) is 10.3 Å². The molecule has 2 aromatic rings. The van der Waals surface area contributed by atoms with E-state index in [2.05, 4.69) is 49.3 Å². The van der Waals surface area contributed by atoms with Gasteiger partial charge in [-0.2, -0.15) is 0 Å². The molecule has 2 aromatic heterocycles. The molecule has 0 aliphatic rings. The predicted octanol–water partition coefficient (Wildman–Crippen LogP) is 3.86. The highest BCUT2D eigenvalue weighted by molar-refractivity contribution is 7.12. The number of hydrogen-bond acceptors (Lipinski definition) is 3. The normalized spacial score (nSPS) is 14.5. The molecule has 0 spiro atoms. The number of pyridine rings is 1. The topological polar surface area (TPSA) is 24.9 Å². The van der Waals surface area contributed by atoms with Gasteiger partial charge in [0.25, 0.3) is 0 Å². The number of aryl methyl sites for hydroxylation is 1. The number of aromatic nitrogens is 1. The zero-order valence-electron chi connectivity index (χ0n) is 10.5. The Morgan fingerprint density at radius 3 is 2.53 bits per heavy atom. The zero-order valence-corrected chi connectivity index (χ0v) is 11.3. The molecule has 0 bridgehead atoms. The standard InChI is InChI=1S/C14H18N2S/c1-10-7-8-14(17-10)12(3)16-11(2)13-6-4-5-9-15-13/h4-9,11-12,16H,1-3H3/t11-,12?/m0/s1. The van der Waals surface area contributed by atoms with Crippen molar-refractivity contribution >= 4 is 11.3 Å². The van der Waals surface area contributed by atoms with Crippen LogP contribution in [-0.2, 0) is 0 Å². The molecule has 2 heterocycles. The second-order valence-electron chi connectivity index (χ2n) is 4.31. The molecule has 2 rings (SSSR count). The van der Waals surface area contributed by atoms with Gasteiger partial charge in [0.2, 0.25) is 0 Å². The molecule has 1 N–H and O–H groups in total. The second-order valence-corrected chi connectivity index (χ2v) is 5.63. The van der Waals surface area contributed by atoms with Crippen LogP contribution in [0.25, 0.3) is 0 Å². The molecular formula is C14H18N2S. The van der Waals surface area contributed by atoms with E-state index in [0.29, 0.717) is 6.04 Å². The fraction of sp³-hybridized carbons (Fsp3) is 0.357. The van der Waals surface area contributed by atoms with Gasteiger partial charge in [-0.05, 0) is 45.0 Å². The molecule has 17 heavy (non-hydrogen) atoms. The number of thiophene rings is 1. The molecule has 1 unspecified atom stereocenters. The van der Waals surface area contributed by atoms with Gasteiger partial charge in [0.05, 0.1) is 5.69 Å². The molecule has 0 fully saturated rings. The molecule has 90 valence electrons. The van der Waals surface area contributed by atoms with E-state index in [4.69, 9.17) is 0 Å². The average molecular weight is 246 g/mol. The Balaban J connectivity index is 2.02. The van der Waals surface area contributed by atoms with Crippen LogP contribution in [0.5, 0.6) is 0 Å². The summed E-state index contributed by atoms with van der Waals surface area (Å²) in [5.74, 6) is 0. The van der Waals surface area contributed by atoms with Crippen LogP contribution >= 0.6 is 11.3 Å². The summed E-state index contributed by atoms with van der Waals surface area (Å²) in [6.07, 6.45) is 1.84. The first-order valence-electron chi connectivity index (χ1n) is 5.90. The van der Waals surface area contributed by atoms with E-state index in [9.17, 15) is 0 Å². The lowest BCUT2D eigenvalue weighted by molar-refractivity contribution is 0.491. The Bertz CT molecular complexity index is 464. The van der Waals surface area contributed by atoms with Crippen LogP contribution in [0.2, 0.25) is 0 Å². The highest BCUT2D eigenvalue weighted by Crippen LogP contribution is 2.24. The summed E-state index contributed by atoms with van der Waals surface area (Å²) in [6, 6.07) is 11.0. The van der Waals surface area contributed by atoms with Crippen molar-refractivity contribution in [2.45, 2.75) is 32.9 Å². The molecule has 0 radical (unpaired) electrons. The average Bonchev–Trinajstić information content (AvgIpc) is 2.77. The van der Waals surface area contributed by atoms with E-state index in [1.807, 2.05) is 29.7 Å². The van der Waals surface area contributed by atoms with Crippen molar-refractivity contribution in [1.29, 1.82) is 0 Å². The van der Waals surface area contributed by atoms with E-state index in [0.717, 1.165) is 5.69 Å². The minimum atomic E-state index is 0.272. The first-order chi connectivity index (χ1) is 8.16. The van der Waals surface area contributed by atoms with E-state index >= 15 is 0 Å². The lowest BCUT2D eigenvalue weighted by Gasteiger charge is -2.18. The van der Waals surface area contributed by atoms with Crippen LogP contribution in [-0.4, -0.2) is 4.98 Å². The van der Waals surface area contributed by atoms with Gasteiger partial charge >= 0.3 is 0 Å². The zero-order chi connectivity index (χ0) is 12.3. The first kappa shape index (κ1) is 12.3. The van der Waals surface area contributed by atoms with Crippen LogP contribution in [0.1, 0.15) is 41.4 Å². The fourth-order valence-corrected chi connectivity index (χ4v) is 2.75. The minimum absolute atomic E-state index is 0.272. The fourth-order valence-electron chi connectivity index (χ4n) is 1.86. The first-order valence-corrected chi connectivity index (χ1v) is 6.72. The van der Waals surface area contributed by atoms with Gasteiger partial charge in [0.15, 0.2) is 0 Å². The quantitative estimate of drug-likeness (QED) is 0.886. The van der Waals surface area contributed by atoms with Crippen LogP contribution in [0.4, 0.5) is 0 Å². The highest BCUT2D eigenvalue weighted by atomic mass is 32.1. The second kappa shape index (κ2) is 5.43. The van der Waals surface area contributed by atoms with Gasteiger partial charge in [-0.25, -0.2) is 0 Å². The third kappa shape index (κ3) is 3.14. The summed E-state index contributed by atoms with van der Waals surface area (Å²) in [7, 11) is 0. The molecule has 0 aromatic carbocycles. The molecule has 0 aliphatic heterocycles. The maximum absolute atomic E-state index is 4.37. The molecule has 0 saturated carbocycles. The summed E-state index contributed by atoms with van der Waals surface area (Å²) in [4.78, 5) is 7.11. The van der Waals surface area contributed by atoms with Crippen LogP contribution in [0.3, 0.4) is 0 Å². The van der Waals surface area contributed by atoms with Gasteiger partial charge in [-0.1, -0.05) is 6.07 Å². The van der Waals surface area contributed by atoms with E-state index in [1.165, 1.54) is 9.75 Å². The number of rotatable bonds is 4. The Kier molecular flexibility index (Phi) is 3.92. The third-order valence-corrected chi connectivity index (χ3v) is 4.00. The highest BCUT2D eigenvalue weighted by Gasteiger charge is 2.12. The molecule has 2 nitrogen and oxygen atoms in total. The Hall–Kier alpha value is -1.19. The minimum Gasteiger partial charge on any atom is -0.301 e. The molecule has 2 atom stereocenters. The summed E-state index contributed by atoms with van der Waals surface area (Å²) in [6.45, 7) is 6.49. The van der Waals surface area contributed by atoms with Crippen LogP contribution in [0.15, 0.2) is 36.5 Å². The van der Waals surface area contributed by atoms with E-state index in [1.54, 1.807) is 0 Å². The van der Waals surface area contributed by atoms with Gasteiger partial charge in [0, 0.05) is 28.0 Å². The van der Waals surface area contributed by atoms with E-state index < -0.39 is 0 Å². The summed E-state index contributed by atoms with van der Waals surface area (Å²) in [5, 5.41) is 3.57.